The summed E-state index contributed by atoms with van der Waals surface area (Å²) in [5, 5.41) is 4.46. The molecule has 0 aliphatic carbocycles. The van der Waals surface area contributed by atoms with Gasteiger partial charge in [-0.25, -0.2) is 13.4 Å². The molecule has 3 aromatic heterocycles. The average Bonchev–Trinajstić information content (AvgIpc) is 3.28. The van der Waals surface area contributed by atoms with Crippen molar-refractivity contribution in [1.29, 1.82) is 0 Å². The third-order valence-electron chi connectivity index (χ3n) is 4.28. The number of thiazole rings is 1. The van der Waals surface area contributed by atoms with E-state index in [9.17, 15) is 8.42 Å². The first-order chi connectivity index (χ1) is 12.2. The third kappa shape index (κ3) is 3.46. The van der Waals surface area contributed by atoms with Gasteiger partial charge in [0, 0.05) is 10.4 Å². The van der Waals surface area contributed by atoms with Gasteiger partial charge in [-0.05, 0) is 46.2 Å². The van der Waals surface area contributed by atoms with Gasteiger partial charge in [0.05, 0.1) is 17.4 Å². The van der Waals surface area contributed by atoms with Crippen molar-refractivity contribution >= 4 is 21.4 Å². The lowest BCUT2D eigenvalue weighted by Gasteiger charge is -2.13. The average molecular weight is 396 g/mol. The van der Waals surface area contributed by atoms with Crippen LogP contribution in [0.25, 0.3) is 11.5 Å². The van der Waals surface area contributed by atoms with Crippen LogP contribution in [0, 0.1) is 27.7 Å². The Balaban J connectivity index is 1.87. The van der Waals surface area contributed by atoms with Crippen LogP contribution in [-0.4, -0.2) is 18.6 Å². The molecule has 7 nitrogen and oxygen atoms in total. The van der Waals surface area contributed by atoms with Gasteiger partial charge in [-0.1, -0.05) is 12.1 Å². The normalized spacial score (nSPS) is 13.3. The van der Waals surface area contributed by atoms with E-state index < -0.39 is 16.1 Å². The molecule has 0 aromatic carbocycles. The molecule has 0 aliphatic heterocycles. The van der Waals surface area contributed by atoms with Crippen LogP contribution in [0.5, 0.6) is 0 Å². The van der Waals surface area contributed by atoms with E-state index in [0.717, 1.165) is 26.8 Å². The summed E-state index contributed by atoms with van der Waals surface area (Å²) in [6, 6.07) is 2.58. The van der Waals surface area contributed by atoms with Gasteiger partial charge in [0.1, 0.15) is 5.01 Å². The number of furan rings is 1. The number of hydrogen-bond acceptors (Lipinski definition) is 7. The highest BCUT2D eigenvalue weighted by atomic mass is 32.2. The van der Waals surface area contributed by atoms with Gasteiger partial charge in [-0.15, -0.1) is 11.3 Å². The van der Waals surface area contributed by atoms with Gasteiger partial charge in [0.25, 0.3) is 10.0 Å². The summed E-state index contributed by atoms with van der Waals surface area (Å²) < 4.78 is 38.9. The fourth-order valence-electron chi connectivity index (χ4n) is 2.43. The summed E-state index contributed by atoms with van der Waals surface area (Å²) in [6.45, 7) is 9.45. The van der Waals surface area contributed by atoms with Crippen molar-refractivity contribution in [3.63, 3.8) is 0 Å². The Labute approximate surface area is 156 Å². The molecule has 1 N–H and O–H groups in total. The summed E-state index contributed by atoms with van der Waals surface area (Å²) in [5.41, 5.74) is 2.47. The molecular weight excluding hydrogens is 374 g/mol. The van der Waals surface area contributed by atoms with E-state index in [-0.39, 0.29) is 5.09 Å². The van der Waals surface area contributed by atoms with Crippen LogP contribution in [-0.2, 0) is 10.0 Å². The van der Waals surface area contributed by atoms with Crippen LogP contribution in [0.2, 0.25) is 0 Å². The van der Waals surface area contributed by atoms with Crippen LogP contribution < -0.4 is 4.72 Å². The number of hydrogen-bond donors (Lipinski definition) is 1. The number of sulfonamides is 1. The molecule has 140 valence electrons. The smallest absolute Gasteiger partial charge is 0.274 e. The Morgan fingerprint density at radius 2 is 1.92 bits per heavy atom. The maximum Gasteiger partial charge on any atom is 0.274 e. The van der Waals surface area contributed by atoms with Gasteiger partial charge in [-0.3, -0.25) is 0 Å². The molecule has 1 atom stereocenters. The summed E-state index contributed by atoms with van der Waals surface area (Å²) in [5.74, 6) is 0.764. The van der Waals surface area contributed by atoms with Gasteiger partial charge < -0.3 is 8.94 Å². The Morgan fingerprint density at radius 1 is 1.19 bits per heavy atom. The van der Waals surface area contributed by atoms with Crippen LogP contribution in [0.3, 0.4) is 0 Å². The van der Waals surface area contributed by atoms with Crippen LogP contribution in [0.1, 0.15) is 46.2 Å². The van der Waals surface area contributed by atoms with E-state index in [0.29, 0.717) is 17.9 Å². The predicted octanol–water partition coefficient (Wildman–Crippen LogP) is 4.05. The first-order valence-electron chi connectivity index (χ1n) is 8.22. The van der Waals surface area contributed by atoms with E-state index >= 15 is 0 Å². The second kappa shape index (κ2) is 6.98. The lowest BCUT2D eigenvalue weighted by atomic mass is 10.2. The Bertz CT molecular complexity index is 1010. The fraction of sp³-hybridized carbons (Fsp3) is 0.412. The first kappa shape index (κ1) is 18.8. The zero-order valence-electron chi connectivity index (χ0n) is 15.3. The Morgan fingerprint density at radius 3 is 2.46 bits per heavy atom. The minimum Gasteiger partial charge on any atom is -0.440 e. The number of aryl methyl sites for hydroxylation is 3. The monoisotopic (exact) mass is 395 g/mol. The topological polar surface area (TPSA) is 98.2 Å². The predicted molar refractivity (Wildman–Crippen MR) is 98.6 cm³/mol. The van der Waals surface area contributed by atoms with Crippen LogP contribution in [0.4, 0.5) is 0 Å². The van der Waals surface area contributed by atoms with E-state index in [1.54, 1.807) is 6.07 Å². The van der Waals surface area contributed by atoms with E-state index in [1.165, 1.54) is 17.4 Å². The van der Waals surface area contributed by atoms with Gasteiger partial charge >= 0.3 is 0 Å². The molecule has 3 aromatic rings. The zero-order chi connectivity index (χ0) is 19.1. The molecule has 0 saturated carbocycles. The van der Waals surface area contributed by atoms with E-state index in [2.05, 4.69) is 14.9 Å². The van der Waals surface area contributed by atoms with Crippen molar-refractivity contribution in [3.05, 3.63) is 39.0 Å². The zero-order valence-corrected chi connectivity index (χ0v) is 16.9. The molecule has 0 spiro atoms. The highest BCUT2D eigenvalue weighted by Crippen LogP contribution is 2.30. The molecule has 0 aliphatic rings. The lowest BCUT2D eigenvalue weighted by Crippen LogP contribution is -2.28. The molecule has 0 amide bonds. The highest BCUT2D eigenvalue weighted by molar-refractivity contribution is 7.89. The molecular formula is C17H21N3O4S2. The summed E-state index contributed by atoms with van der Waals surface area (Å²) in [4.78, 5) is 5.54. The molecule has 1 unspecified atom stereocenters. The summed E-state index contributed by atoms with van der Waals surface area (Å²) >= 11 is 1.50. The van der Waals surface area contributed by atoms with Crippen LogP contribution in [0.15, 0.2) is 26.2 Å². The summed E-state index contributed by atoms with van der Waals surface area (Å²) in [7, 11) is -3.83. The maximum absolute atomic E-state index is 12.7. The quantitative estimate of drug-likeness (QED) is 0.676. The molecule has 0 bridgehead atoms. The molecule has 0 saturated heterocycles. The second-order valence-electron chi connectivity index (χ2n) is 6.12. The minimum absolute atomic E-state index is 0.163. The Hall–Kier alpha value is -1.97. The van der Waals surface area contributed by atoms with E-state index in [1.807, 2.05) is 34.6 Å². The van der Waals surface area contributed by atoms with Crippen molar-refractivity contribution in [2.24, 2.45) is 0 Å². The molecule has 9 heteroatoms. The van der Waals surface area contributed by atoms with E-state index in [4.69, 9.17) is 8.94 Å². The fourth-order valence-corrected chi connectivity index (χ4v) is 4.78. The molecule has 3 heterocycles. The number of nitrogens with one attached hydrogen (secondary N) is 1. The SMILES string of the molecule is CCC(NS(=O)(=O)c1ccc(-c2onc(C)c2C)o1)c1nc(C)c(C)s1. The molecule has 0 radical (unpaired) electrons. The van der Waals surface area contributed by atoms with Gasteiger partial charge in [-0.2, -0.15) is 4.72 Å². The van der Waals surface area contributed by atoms with Crippen molar-refractivity contribution in [2.75, 3.05) is 0 Å². The number of rotatable bonds is 6. The van der Waals surface area contributed by atoms with Crippen molar-refractivity contribution < 1.29 is 17.4 Å². The highest BCUT2D eigenvalue weighted by Gasteiger charge is 2.27. The van der Waals surface area contributed by atoms with Gasteiger partial charge in [0.15, 0.2) is 5.76 Å². The largest absolute Gasteiger partial charge is 0.440 e. The van der Waals surface area contributed by atoms with Crippen LogP contribution >= 0.6 is 11.3 Å². The molecule has 0 fully saturated rings. The lowest BCUT2D eigenvalue weighted by molar-refractivity contribution is 0.396. The van der Waals surface area contributed by atoms with Crippen molar-refractivity contribution in [1.82, 2.24) is 14.9 Å². The number of nitrogens with zero attached hydrogens (tertiary/aromatic N) is 2. The first-order valence-corrected chi connectivity index (χ1v) is 10.5. The number of aromatic nitrogens is 2. The Kier molecular flexibility index (Phi) is 5.05. The molecule has 26 heavy (non-hydrogen) atoms. The maximum atomic E-state index is 12.7. The third-order valence-corrected chi connectivity index (χ3v) is 6.81. The molecule has 3 rings (SSSR count). The second-order valence-corrected chi connectivity index (χ2v) is 9.00. The minimum atomic E-state index is -3.83. The summed E-state index contributed by atoms with van der Waals surface area (Å²) in [6.07, 6.45) is 0.583. The van der Waals surface area contributed by atoms with Crippen molar-refractivity contribution in [3.8, 4) is 11.5 Å². The van der Waals surface area contributed by atoms with Gasteiger partial charge in [0.2, 0.25) is 10.9 Å². The van der Waals surface area contributed by atoms with Crippen molar-refractivity contribution in [2.45, 2.75) is 52.2 Å². The standard InChI is InChI=1S/C17H21N3O4S2/c1-6-13(17-18-11(4)12(5)25-17)20-26(21,22)15-8-7-14(23-15)16-9(2)10(3)19-24-16/h7-8,13,20H,6H2,1-5H3.